The first-order chi connectivity index (χ1) is 13.0. The SMILES string of the molecule is CCCCCCCCn1c(O)c(/N=N/c2cc(C)on2)c(C)c(C#N)c1=O. The second-order valence-corrected chi connectivity index (χ2v) is 6.50. The molecule has 2 aromatic heterocycles. The smallest absolute Gasteiger partial charge is 0.271 e. The Balaban J connectivity index is 2.27. The zero-order chi connectivity index (χ0) is 19.8. The fourth-order valence-electron chi connectivity index (χ4n) is 2.82. The molecular weight excluding hydrogens is 346 g/mol. The summed E-state index contributed by atoms with van der Waals surface area (Å²) in [5.41, 5.74) is -0.151. The molecule has 0 radical (unpaired) electrons. The summed E-state index contributed by atoms with van der Waals surface area (Å²) in [5, 5.41) is 31.5. The van der Waals surface area contributed by atoms with E-state index in [1.165, 1.54) is 17.4 Å². The van der Waals surface area contributed by atoms with Crippen LogP contribution in [0.15, 0.2) is 25.6 Å². The first-order valence-electron chi connectivity index (χ1n) is 9.21. The molecule has 2 heterocycles. The van der Waals surface area contributed by atoms with Gasteiger partial charge in [-0.3, -0.25) is 9.36 Å². The quantitative estimate of drug-likeness (QED) is 0.501. The van der Waals surface area contributed by atoms with Gasteiger partial charge in [0.05, 0.1) is 0 Å². The van der Waals surface area contributed by atoms with Crippen LogP contribution in [0.1, 0.15) is 62.3 Å². The predicted molar refractivity (Wildman–Crippen MR) is 101 cm³/mol. The van der Waals surface area contributed by atoms with Crippen molar-refractivity contribution in [2.24, 2.45) is 10.2 Å². The number of nitriles is 1. The van der Waals surface area contributed by atoms with E-state index in [0.29, 0.717) is 17.9 Å². The maximum atomic E-state index is 12.5. The van der Waals surface area contributed by atoms with E-state index in [-0.39, 0.29) is 22.9 Å². The van der Waals surface area contributed by atoms with Crippen LogP contribution in [0.3, 0.4) is 0 Å². The van der Waals surface area contributed by atoms with Crippen LogP contribution in [-0.4, -0.2) is 14.8 Å². The molecule has 144 valence electrons. The summed E-state index contributed by atoms with van der Waals surface area (Å²) in [6.07, 6.45) is 6.30. The Morgan fingerprint density at radius 1 is 1.22 bits per heavy atom. The number of hydrogen-bond donors (Lipinski definition) is 1. The maximum Gasteiger partial charge on any atom is 0.271 e. The summed E-state index contributed by atoms with van der Waals surface area (Å²) < 4.78 is 6.12. The summed E-state index contributed by atoms with van der Waals surface area (Å²) >= 11 is 0. The minimum Gasteiger partial charge on any atom is -0.493 e. The van der Waals surface area contributed by atoms with E-state index >= 15 is 0 Å². The van der Waals surface area contributed by atoms with Crippen molar-refractivity contribution in [1.29, 1.82) is 5.26 Å². The normalized spacial score (nSPS) is 11.2. The number of aromatic hydroxyl groups is 1. The Bertz CT molecular complexity index is 905. The molecule has 8 nitrogen and oxygen atoms in total. The minimum atomic E-state index is -0.503. The molecule has 0 aliphatic carbocycles. The molecule has 0 fully saturated rings. The molecule has 2 aromatic rings. The van der Waals surface area contributed by atoms with Gasteiger partial charge in [-0.25, -0.2) is 0 Å². The molecule has 0 saturated carbocycles. The number of unbranched alkanes of at least 4 members (excludes halogenated alkanes) is 5. The van der Waals surface area contributed by atoms with E-state index in [1.807, 2.05) is 6.07 Å². The van der Waals surface area contributed by atoms with Crippen LogP contribution in [0.4, 0.5) is 11.5 Å². The van der Waals surface area contributed by atoms with Gasteiger partial charge in [-0.1, -0.05) is 44.2 Å². The molecule has 0 saturated heterocycles. The van der Waals surface area contributed by atoms with E-state index in [0.717, 1.165) is 25.7 Å². The number of aromatic nitrogens is 2. The zero-order valence-corrected chi connectivity index (χ0v) is 16.0. The van der Waals surface area contributed by atoms with Gasteiger partial charge >= 0.3 is 0 Å². The molecule has 0 atom stereocenters. The van der Waals surface area contributed by atoms with Crippen molar-refractivity contribution in [2.45, 2.75) is 65.8 Å². The summed E-state index contributed by atoms with van der Waals surface area (Å²) in [7, 11) is 0. The third-order valence-corrected chi connectivity index (χ3v) is 4.37. The van der Waals surface area contributed by atoms with Gasteiger partial charge < -0.3 is 9.63 Å². The Morgan fingerprint density at radius 3 is 2.56 bits per heavy atom. The zero-order valence-electron chi connectivity index (χ0n) is 16.0. The van der Waals surface area contributed by atoms with Crippen LogP contribution >= 0.6 is 0 Å². The molecule has 1 N–H and O–H groups in total. The molecule has 0 amide bonds. The Kier molecular flexibility index (Phi) is 7.29. The van der Waals surface area contributed by atoms with Gasteiger partial charge in [-0.15, -0.1) is 10.2 Å². The van der Waals surface area contributed by atoms with Crippen LogP contribution in [0.5, 0.6) is 5.88 Å². The largest absolute Gasteiger partial charge is 0.493 e. The van der Waals surface area contributed by atoms with Gasteiger partial charge in [-0.05, 0) is 20.3 Å². The predicted octanol–water partition coefficient (Wildman–Crippen LogP) is 4.81. The van der Waals surface area contributed by atoms with Gasteiger partial charge in [0.1, 0.15) is 17.4 Å². The number of pyridine rings is 1. The third-order valence-electron chi connectivity index (χ3n) is 4.37. The van der Waals surface area contributed by atoms with Crippen LogP contribution in [-0.2, 0) is 6.54 Å². The van der Waals surface area contributed by atoms with E-state index in [1.54, 1.807) is 19.9 Å². The van der Waals surface area contributed by atoms with Crippen molar-refractivity contribution in [2.75, 3.05) is 0 Å². The Hall–Kier alpha value is -2.95. The number of aryl methyl sites for hydroxylation is 1. The molecular formula is C19H25N5O3. The molecule has 0 aliphatic heterocycles. The highest BCUT2D eigenvalue weighted by molar-refractivity contribution is 5.59. The van der Waals surface area contributed by atoms with Crippen molar-refractivity contribution >= 4 is 11.5 Å². The van der Waals surface area contributed by atoms with Gasteiger partial charge in [-0.2, -0.15) is 5.26 Å². The average Bonchev–Trinajstić information content (AvgIpc) is 3.06. The Morgan fingerprint density at radius 2 is 1.93 bits per heavy atom. The van der Waals surface area contributed by atoms with Crippen molar-refractivity contribution in [1.82, 2.24) is 9.72 Å². The van der Waals surface area contributed by atoms with E-state index in [2.05, 4.69) is 22.3 Å². The van der Waals surface area contributed by atoms with Gasteiger partial charge in [0.2, 0.25) is 11.7 Å². The van der Waals surface area contributed by atoms with E-state index < -0.39 is 5.56 Å². The van der Waals surface area contributed by atoms with Crippen LogP contribution in [0, 0.1) is 25.2 Å². The lowest BCUT2D eigenvalue weighted by atomic mass is 10.1. The van der Waals surface area contributed by atoms with Gasteiger partial charge in [0.15, 0.2) is 5.69 Å². The van der Waals surface area contributed by atoms with Crippen molar-refractivity contribution < 1.29 is 9.63 Å². The van der Waals surface area contributed by atoms with Crippen molar-refractivity contribution in [3.63, 3.8) is 0 Å². The molecule has 0 spiro atoms. The lowest BCUT2D eigenvalue weighted by Gasteiger charge is -2.13. The van der Waals surface area contributed by atoms with Gasteiger partial charge in [0, 0.05) is 18.2 Å². The standard InChI is InChI=1S/C19H25N5O3/c1-4-5-6-7-8-9-10-24-18(25)15(12-20)14(3)17(19(24)26)22-21-16-11-13(2)27-23-16/h11,26H,4-10H2,1-3H3/b22-21+. The first-order valence-corrected chi connectivity index (χ1v) is 9.21. The summed E-state index contributed by atoms with van der Waals surface area (Å²) in [4.78, 5) is 12.5. The third kappa shape index (κ3) is 5.03. The fraction of sp³-hybridized carbons (Fsp3) is 0.526. The molecule has 2 rings (SSSR count). The topological polar surface area (TPSA) is 117 Å². The highest BCUT2D eigenvalue weighted by Crippen LogP contribution is 2.32. The maximum absolute atomic E-state index is 12.5. The summed E-state index contributed by atoms with van der Waals surface area (Å²) in [6.45, 7) is 5.78. The van der Waals surface area contributed by atoms with Crippen molar-refractivity contribution in [3.05, 3.63) is 33.3 Å². The number of azo groups is 1. The molecule has 8 heteroatoms. The first kappa shape index (κ1) is 20.4. The van der Waals surface area contributed by atoms with E-state index in [9.17, 15) is 15.2 Å². The molecule has 0 unspecified atom stereocenters. The highest BCUT2D eigenvalue weighted by atomic mass is 16.5. The average molecular weight is 371 g/mol. The lowest BCUT2D eigenvalue weighted by Crippen LogP contribution is -2.24. The fourth-order valence-corrected chi connectivity index (χ4v) is 2.82. The summed E-state index contributed by atoms with van der Waals surface area (Å²) in [6, 6.07) is 3.50. The molecule has 0 bridgehead atoms. The monoisotopic (exact) mass is 371 g/mol. The molecule has 0 aliphatic rings. The van der Waals surface area contributed by atoms with E-state index in [4.69, 9.17) is 4.52 Å². The minimum absolute atomic E-state index is 0.0379. The van der Waals surface area contributed by atoms with Crippen LogP contribution < -0.4 is 5.56 Å². The molecule has 27 heavy (non-hydrogen) atoms. The summed E-state index contributed by atoms with van der Waals surface area (Å²) in [5.74, 6) is 0.545. The Labute approximate surface area is 158 Å². The number of rotatable bonds is 9. The lowest BCUT2D eigenvalue weighted by molar-refractivity contribution is 0.397. The number of hydrogen-bond acceptors (Lipinski definition) is 7. The van der Waals surface area contributed by atoms with Crippen LogP contribution in [0.25, 0.3) is 0 Å². The van der Waals surface area contributed by atoms with Crippen LogP contribution in [0.2, 0.25) is 0 Å². The second kappa shape index (κ2) is 9.67. The molecule has 0 aromatic carbocycles. The second-order valence-electron chi connectivity index (χ2n) is 6.50. The van der Waals surface area contributed by atoms with Crippen molar-refractivity contribution in [3.8, 4) is 11.9 Å². The van der Waals surface area contributed by atoms with Gasteiger partial charge in [0.25, 0.3) is 5.56 Å². The number of nitrogens with zero attached hydrogens (tertiary/aromatic N) is 5. The highest BCUT2D eigenvalue weighted by Gasteiger charge is 2.19.